The monoisotopic (exact) mass is 332 g/mol. The van der Waals surface area contributed by atoms with Crippen LogP contribution in [-0.2, 0) is 4.79 Å². The van der Waals surface area contributed by atoms with Gasteiger partial charge in [-0.1, -0.05) is 0 Å². The Kier molecular flexibility index (Phi) is 8.05. The maximum absolute atomic E-state index is 13.5. The predicted molar refractivity (Wildman–Crippen MR) is 85.0 cm³/mol. The normalized spacial score (nSPS) is 10.6. The second kappa shape index (κ2) is 8.70. The summed E-state index contributed by atoms with van der Waals surface area (Å²) in [5.74, 6) is -1.07. The zero-order chi connectivity index (χ0) is 16.0. The Hall–Kier alpha value is -1.66. The maximum Gasteiger partial charge on any atom is 0.220 e. The van der Waals surface area contributed by atoms with Crippen molar-refractivity contribution in [2.75, 3.05) is 13.7 Å². The predicted octanol–water partition coefficient (Wildman–Crippen LogP) is 2.07. The minimum Gasteiger partial charge on any atom is -0.494 e. The molecule has 1 amide bonds. The van der Waals surface area contributed by atoms with Crippen LogP contribution in [0.4, 0.5) is 4.39 Å². The van der Waals surface area contributed by atoms with Crippen molar-refractivity contribution in [3.05, 3.63) is 29.6 Å². The molecule has 7 heteroatoms. The second-order valence-electron chi connectivity index (χ2n) is 5.41. The SMILES string of the molecule is COc1ccc(C(=O)CCC(=O)NC(C)(C)CN)cc1F.Cl. The molecule has 0 aliphatic heterocycles. The summed E-state index contributed by atoms with van der Waals surface area (Å²) in [5.41, 5.74) is 5.22. The summed E-state index contributed by atoms with van der Waals surface area (Å²) in [7, 11) is 1.35. The van der Waals surface area contributed by atoms with Crippen LogP contribution in [0.5, 0.6) is 5.75 Å². The zero-order valence-corrected chi connectivity index (χ0v) is 13.8. The Morgan fingerprint density at radius 2 is 1.95 bits per heavy atom. The van der Waals surface area contributed by atoms with Gasteiger partial charge in [-0.2, -0.15) is 0 Å². The van der Waals surface area contributed by atoms with Crippen LogP contribution in [0, 0.1) is 5.82 Å². The smallest absolute Gasteiger partial charge is 0.220 e. The number of halogens is 2. The Balaban J connectivity index is 0.00000441. The van der Waals surface area contributed by atoms with E-state index in [9.17, 15) is 14.0 Å². The fourth-order valence-electron chi connectivity index (χ4n) is 1.70. The number of nitrogens with one attached hydrogen (secondary N) is 1. The number of carbonyl (C=O) groups is 2. The molecule has 1 aromatic rings. The summed E-state index contributed by atoms with van der Waals surface area (Å²) >= 11 is 0. The molecule has 0 saturated carbocycles. The number of carbonyl (C=O) groups excluding carboxylic acids is 2. The van der Waals surface area contributed by atoms with Gasteiger partial charge in [0.25, 0.3) is 0 Å². The van der Waals surface area contributed by atoms with Crippen LogP contribution in [0.1, 0.15) is 37.0 Å². The van der Waals surface area contributed by atoms with Gasteiger partial charge < -0.3 is 15.8 Å². The first-order valence-corrected chi connectivity index (χ1v) is 6.67. The van der Waals surface area contributed by atoms with E-state index in [1.54, 1.807) is 13.8 Å². The molecule has 0 aliphatic rings. The van der Waals surface area contributed by atoms with Crippen molar-refractivity contribution in [2.45, 2.75) is 32.2 Å². The summed E-state index contributed by atoms with van der Waals surface area (Å²) in [6, 6.07) is 3.98. The van der Waals surface area contributed by atoms with Crippen LogP contribution in [0.3, 0.4) is 0 Å². The summed E-state index contributed by atoms with van der Waals surface area (Å²) in [5, 5.41) is 2.73. The first-order valence-electron chi connectivity index (χ1n) is 6.67. The number of nitrogens with two attached hydrogens (primary N) is 1. The summed E-state index contributed by atoms with van der Waals surface area (Å²) in [4.78, 5) is 23.6. The lowest BCUT2D eigenvalue weighted by molar-refractivity contribution is -0.122. The number of ketones is 1. The molecule has 0 atom stereocenters. The van der Waals surface area contributed by atoms with Crippen molar-refractivity contribution in [3.63, 3.8) is 0 Å². The Bertz CT molecular complexity index is 536. The van der Waals surface area contributed by atoms with E-state index in [1.807, 2.05) is 0 Å². The van der Waals surface area contributed by atoms with Gasteiger partial charge in [-0.15, -0.1) is 12.4 Å². The molecule has 0 radical (unpaired) electrons. The van der Waals surface area contributed by atoms with Gasteiger partial charge in [0, 0.05) is 30.5 Å². The molecule has 1 aromatic carbocycles. The summed E-state index contributed by atoms with van der Waals surface area (Å²) < 4.78 is 18.3. The molecular weight excluding hydrogens is 311 g/mol. The molecule has 0 aromatic heterocycles. The third-order valence-corrected chi connectivity index (χ3v) is 3.04. The van der Waals surface area contributed by atoms with Crippen LogP contribution in [-0.4, -0.2) is 30.9 Å². The van der Waals surface area contributed by atoms with E-state index in [4.69, 9.17) is 10.5 Å². The summed E-state index contributed by atoms with van der Waals surface area (Å²) in [6.45, 7) is 3.90. The fourth-order valence-corrected chi connectivity index (χ4v) is 1.70. The molecular formula is C15H22ClFN2O3. The van der Waals surface area contributed by atoms with Crippen LogP contribution >= 0.6 is 12.4 Å². The quantitative estimate of drug-likeness (QED) is 0.749. The van der Waals surface area contributed by atoms with E-state index < -0.39 is 11.4 Å². The van der Waals surface area contributed by atoms with Crippen LogP contribution in [0.25, 0.3) is 0 Å². The van der Waals surface area contributed by atoms with E-state index in [-0.39, 0.29) is 48.3 Å². The van der Waals surface area contributed by atoms with Crippen molar-refractivity contribution in [2.24, 2.45) is 5.73 Å². The van der Waals surface area contributed by atoms with Gasteiger partial charge in [-0.3, -0.25) is 9.59 Å². The highest BCUT2D eigenvalue weighted by Gasteiger charge is 2.19. The van der Waals surface area contributed by atoms with Gasteiger partial charge in [-0.25, -0.2) is 4.39 Å². The molecule has 0 spiro atoms. The minimum atomic E-state index is -0.600. The van der Waals surface area contributed by atoms with Crippen LogP contribution in [0.15, 0.2) is 18.2 Å². The molecule has 1 rings (SSSR count). The largest absolute Gasteiger partial charge is 0.494 e. The van der Waals surface area contributed by atoms with E-state index in [1.165, 1.54) is 19.2 Å². The molecule has 5 nitrogen and oxygen atoms in total. The zero-order valence-electron chi connectivity index (χ0n) is 12.9. The van der Waals surface area contributed by atoms with Crippen LogP contribution < -0.4 is 15.8 Å². The molecule has 3 N–H and O–H groups in total. The molecule has 0 heterocycles. The van der Waals surface area contributed by atoms with Gasteiger partial charge >= 0.3 is 0 Å². The third kappa shape index (κ3) is 5.99. The molecule has 0 aliphatic carbocycles. The molecule has 0 bridgehead atoms. The van der Waals surface area contributed by atoms with Crippen LogP contribution in [0.2, 0.25) is 0 Å². The highest BCUT2D eigenvalue weighted by atomic mass is 35.5. The fraction of sp³-hybridized carbons (Fsp3) is 0.467. The lowest BCUT2D eigenvalue weighted by Gasteiger charge is -2.24. The molecule has 0 saturated heterocycles. The van der Waals surface area contributed by atoms with Crippen molar-refractivity contribution in [1.29, 1.82) is 0 Å². The van der Waals surface area contributed by atoms with Gasteiger partial charge in [0.2, 0.25) is 5.91 Å². The summed E-state index contributed by atoms with van der Waals surface area (Å²) in [6.07, 6.45) is 0.0498. The molecule has 22 heavy (non-hydrogen) atoms. The number of hydrogen-bond donors (Lipinski definition) is 2. The van der Waals surface area contributed by atoms with Crippen molar-refractivity contribution < 1.29 is 18.7 Å². The first kappa shape index (κ1) is 20.3. The van der Waals surface area contributed by atoms with E-state index in [0.717, 1.165) is 6.07 Å². The topological polar surface area (TPSA) is 81.4 Å². The average Bonchev–Trinajstić information content (AvgIpc) is 2.44. The Morgan fingerprint density at radius 3 is 2.45 bits per heavy atom. The number of Topliss-reactive ketones (excluding diaryl/α,β-unsaturated/α-hetero) is 1. The first-order chi connectivity index (χ1) is 9.79. The minimum absolute atomic E-state index is 0. The lowest BCUT2D eigenvalue weighted by Crippen LogP contribution is -2.48. The van der Waals surface area contributed by atoms with Crippen molar-refractivity contribution in [1.82, 2.24) is 5.32 Å². The van der Waals surface area contributed by atoms with Gasteiger partial charge in [0.1, 0.15) is 0 Å². The van der Waals surface area contributed by atoms with Crippen molar-refractivity contribution in [3.8, 4) is 5.75 Å². The number of hydrogen-bond acceptors (Lipinski definition) is 4. The van der Waals surface area contributed by atoms with E-state index in [0.29, 0.717) is 6.54 Å². The van der Waals surface area contributed by atoms with E-state index >= 15 is 0 Å². The van der Waals surface area contributed by atoms with Gasteiger partial charge in [0.05, 0.1) is 7.11 Å². The number of methoxy groups -OCH3 is 1. The second-order valence-corrected chi connectivity index (χ2v) is 5.41. The number of benzene rings is 1. The van der Waals surface area contributed by atoms with Gasteiger partial charge in [-0.05, 0) is 32.0 Å². The van der Waals surface area contributed by atoms with Crippen molar-refractivity contribution >= 4 is 24.1 Å². The number of rotatable bonds is 7. The molecule has 124 valence electrons. The number of amides is 1. The third-order valence-electron chi connectivity index (χ3n) is 3.04. The standard InChI is InChI=1S/C15H21FN2O3.ClH/c1-15(2,9-17)18-14(20)7-5-12(19)10-4-6-13(21-3)11(16)8-10;/h4,6,8H,5,7,9,17H2,1-3H3,(H,18,20);1H. The average molecular weight is 333 g/mol. The maximum atomic E-state index is 13.5. The highest BCUT2D eigenvalue weighted by Crippen LogP contribution is 2.18. The van der Waals surface area contributed by atoms with E-state index in [2.05, 4.69) is 5.32 Å². The highest BCUT2D eigenvalue weighted by molar-refractivity contribution is 5.98. The lowest BCUT2D eigenvalue weighted by atomic mass is 10.0. The Labute approximate surface area is 135 Å². The molecule has 0 unspecified atom stereocenters. The number of ether oxygens (including phenoxy) is 1. The molecule has 0 fully saturated rings. The Morgan fingerprint density at radius 1 is 1.32 bits per heavy atom. The van der Waals surface area contributed by atoms with Gasteiger partial charge in [0.15, 0.2) is 17.3 Å².